The van der Waals surface area contributed by atoms with Gasteiger partial charge in [0.05, 0.1) is 0 Å². The second-order valence-corrected chi connectivity index (χ2v) is 5.85. The van der Waals surface area contributed by atoms with Crippen molar-refractivity contribution in [2.24, 2.45) is 0 Å². The molecule has 19 heavy (non-hydrogen) atoms. The third-order valence-corrected chi connectivity index (χ3v) is 4.29. The summed E-state index contributed by atoms with van der Waals surface area (Å²) in [5.74, 6) is -0.112. The van der Waals surface area contributed by atoms with Crippen molar-refractivity contribution in [3.8, 4) is 0 Å². The monoisotopic (exact) mass is 280 g/mol. The van der Waals surface area contributed by atoms with Crippen LogP contribution in [0.5, 0.6) is 0 Å². The van der Waals surface area contributed by atoms with Crippen LogP contribution in [0.15, 0.2) is 18.2 Å². The van der Waals surface area contributed by atoms with Crippen LogP contribution in [-0.4, -0.2) is 11.1 Å². The van der Waals surface area contributed by atoms with Gasteiger partial charge in [0.2, 0.25) is 0 Å². The number of halogens is 1. The number of rotatable bonds is 5. The van der Waals surface area contributed by atoms with E-state index < -0.39 is 5.97 Å². The van der Waals surface area contributed by atoms with E-state index in [0.29, 0.717) is 12.3 Å². The lowest BCUT2D eigenvalue weighted by atomic mass is 9.83. The van der Waals surface area contributed by atoms with Crippen molar-refractivity contribution >= 4 is 17.6 Å². The SMILES string of the molecule is O=C(O)CCCc1ccc(C2CCCCC2)c(Cl)c1. The summed E-state index contributed by atoms with van der Waals surface area (Å²) in [6, 6.07) is 6.28. The van der Waals surface area contributed by atoms with Crippen LogP contribution in [0.25, 0.3) is 0 Å². The largest absolute Gasteiger partial charge is 0.481 e. The molecule has 0 heterocycles. The Balaban J connectivity index is 1.98. The third-order valence-electron chi connectivity index (χ3n) is 3.97. The highest BCUT2D eigenvalue weighted by atomic mass is 35.5. The van der Waals surface area contributed by atoms with Crippen LogP contribution in [0.1, 0.15) is 62.0 Å². The molecule has 0 spiro atoms. The van der Waals surface area contributed by atoms with E-state index in [1.807, 2.05) is 6.07 Å². The van der Waals surface area contributed by atoms with Gasteiger partial charge in [0.25, 0.3) is 0 Å². The van der Waals surface area contributed by atoms with Crippen molar-refractivity contribution in [3.63, 3.8) is 0 Å². The first-order valence-corrected chi connectivity index (χ1v) is 7.54. The molecule has 0 aliphatic heterocycles. The molecule has 2 rings (SSSR count). The Kier molecular flexibility index (Phi) is 5.26. The van der Waals surface area contributed by atoms with E-state index >= 15 is 0 Å². The number of hydrogen-bond donors (Lipinski definition) is 1. The number of hydrogen-bond acceptors (Lipinski definition) is 1. The summed E-state index contributed by atoms with van der Waals surface area (Å²) in [6.07, 6.45) is 8.15. The van der Waals surface area contributed by atoms with Crippen LogP contribution in [0, 0.1) is 0 Å². The molecule has 2 nitrogen and oxygen atoms in total. The molecule has 1 aromatic rings. The van der Waals surface area contributed by atoms with E-state index in [4.69, 9.17) is 16.7 Å². The lowest BCUT2D eigenvalue weighted by Crippen LogP contribution is -2.05. The fourth-order valence-corrected chi connectivity index (χ4v) is 3.27. The van der Waals surface area contributed by atoms with Crippen LogP contribution in [0.2, 0.25) is 5.02 Å². The first kappa shape index (κ1) is 14.4. The molecule has 1 N–H and O–H groups in total. The minimum atomic E-state index is -0.732. The Labute approximate surface area is 119 Å². The quantitative estimate of drug-likeness (QED) is 0.841. The maximum atomic E-state index is 10.5. The van der Waals surface area contributed by atoms with Gasteiger partial charge in [-0.05, 0) is 48.8 Å². The molecule has 1 fully saturated rings. The van der Waals surface area contributed by atoms with Gasteiger partial charge in [-0.1, -0.05) is 43.0 Å². The topological polar surface area (TPSA) is 37.3 Å². The van der Waals surface area contributed by atoms with Gasteiger partial charge in [-0.3, -0.25) is 4.79 Å². The summed E-state index contributed by atoms with van der Waals surface area (Å²) in [4.78, 5) is 10.5. The molecule has 0 saturated heterocycles. The maximum Gasteiger partial charge on any atom is 0.303 e. The average molecular weight is 281 g/mol. The maximum absolute atomic E-state index is 10.5. The van der Waals surface area contributed by atoms with E-state index in [2.05, 4.69) is 12.1 Å². The van der Waals surface area contributed by atoms with E-state index in [1.165, 1.54) is 37.7 Å². The van der Waals surface area contributed by atoms with Gasteiger partial charge in [0, 0.05) is 11.4 Å². The molecule has 3 heteroatoms. The second kappa shape index (κ2) is 6.95. The van der Waals surface area contributed by atoms with Gasteiger partial charge in [0.15, 0.2) is 0 Å². The molecule has 104 valence electrons. The summed E-state index contributed by atoms with van der Waals surface area (Å²) in [6.45, 7) is 0. The molecular weight excluding hydrogens is 260 g/mol. The molecule has 0 aromatic heterocycles. The van der Waals surface area contributed by atoms with Crippen LogP contribution in [-0.2, 0) is 11.2 Å². The molecule has 0 unspecified atom stereocenters. The van der Waals surface area contributed by atoms with E-state index in [9.17, 15) is 4.79 Å². The fraction of sp³-hybridized carbons (Fsp3) is 0.562. The second-order valence-electron chi connectivity index (χ2n) is 5.44. The van der Waals surface area contributed by atoms with Crippen molar-refractivity contribution in [2.75, 3.05) is 0 Å². The summed E-state index contributed by atoms with van der Waals surface area (Å²) < 4.78 is 0. The molecule has 0 amide bonds. The van der Waals surface area contributed by atoms with Gasteiger partial charge in [0.1, 0.15) is 0 Å². The number of benzene rings is 1. The first-order valence-electron chi connectivity index (χ1n) is 7.17. The summed E-state index contributed by atoms with van der Waals surface area (Å²) >= 11 is 6.39. The number of carbonyl (C=O) groups is 1. The van der Waals surface area contributed by atoms with Crippen molar-refractivity contribution in [2.45, 2.75) is 57.3 Å². The fourth-order valence-electron chi connectivity index (χ4n) is 2.91. The van der Waals surface area contributed by atoms with Crippen molar-refractivity contribution in [3.05, 3.63) is 34.3 Å². The number of aliphatic carboxylic acids is 1. The number of aryl methyl sites for hydroxylation is 1. The zero-order valence-electron chi connectivity index (χ0n) is 11.2. The molecule has 0 radical (unpaired) electrons. The standard InChI is InChI=1S/C16H21ClO2/c17-15-11-12(5-4-8-16(18)19)9-10-14(15)13-6-2-1-3-7-13/h9-11,13H,1-8H2,(H,18,19). The van der Waals surface area contributed by atoms with Crippen LogP contribution in [0.3, 0.4) is 0 Å². The summed E-state index contributed by atoms with van der Waals surface area (Å²) in [7, 11) is 0. The lowest BCUT2D eigenvalue weighted by molar-refractivity contribution is -0.137. The Bertz CT molecular complexity index is 436. The molecule has 1 aliphatic rings. The smallest absolute Gasteiger partial charge is 0.303 e. The van der Waals surface area contributed by atoms with Crippen molar-refractivity contribution in [1.82, 2.24) is 0 Å². The third kappa shape index (κ3) is 4.24. The predicted octanol–water partition coefficient (Wildman–Crippen LogP) is 4.80. The molecule has 0 atom stereocenters. The highest BCUT2D eigenvalue weighted by Crippen LogP contribution is 2.36. The number of carboxylic acids is 1. The highest BCUT2D eigenvalue weighted by Gasteiger charge is 2.17. The van der Waals surface area contributed by atoms with Gasteiger partial charge >= 0.3 is 5.97 Å². The van der Waals surface area contributed by atoms with Gasteiger partial charge in [-0.25, -0.2) is 0 Å². The van der Waals surface area contributed by atoms with E-state index in [1.54, 1.807) is 0 Å². The van der Waals surface area contributed by atoms with Gasteiger partial charge < -0.3 is 5.11 Å². The summed E-state index contributed by atoms with van der Waals surface area (Å²) in [5, 5.41) is 9.50. The Morgan fingerprint density at radius 1 is 1.26 bits per heavy atom. The molecule has 1 aliphatic carbocycles. The molecule has 1 aromatic carbocycles. The Morgan fingerprint density at radius 3 is 2.63 bits per heavy atom. The van der Waals surface area contributed by atoms with E-state index in [0.717, 1.165) is 17.0 Å². The highest BCUT2D eigenvalue weighted by molar-refractivity contribution is 6.31. The van der Waals surface area contributed by atoms with Crippen molar-refractivity contribution < 1.29 is 9.90 Å². The summed E-state index contributed by atoms with van der Waals surface area (Å²) in [5.41, 5.74) is 2.43. The van der Waals surface area contributed by atoms with Gasteiger partial charge in [-0.2, -0.15) is 0 Å². The number of carboxylic acid groups (broad SMARTS) is 1. The Hall–Kier alpha value is -1.02. The zero-order chi connectivity index (χ0) is 13.7. The zero-order valence-corrected chi connectivity index (χ0v) is 12.0. The van der Waals surface area contributed by atoms with Crippen molar-refractivity contribution in [1.29, 1.82) is 0 Å². The predicted molar refractivity (Wildman–Crippen MR) is 77.9 cm³/mol. The normalized spacial score (nSPS) is 16.5. The van der Waals surface area contributed by atoms with Crippen LogP contribution < -0.4 is 0 Å². The Morgan fingerprint density at radius 2 is 2.00 bits per heavy atom. The average Bonchev–Trinajstić information content (AvgIpc) is 2.39. The van der Waals surface area contributed by atoms with Gasteiger partial charge in [-0.15, -0.1) is 0 Å². The molecular formula is C16H21ClO2. The van der Waals surface area contributed by atoms with Crippen LogP contribution >= 0.6 is 11.6 Å². The minimum absolute atomic E-state index is 0.224. The molecule has 0 bridgehead atoms. The minimum Gasteiger partial charge on any atom is -0.481 e. The lowest BCUT2D eigenvalue weighted by Gasteiger charge is -2.23. The van der Waals surface area contributed by atoms with Crippen LogP contribution in [0.4, 0.5) is 0 Å². The molecule has 1 saturated carbocycles. The van der Waals surface area contributed by atoms with E-state index in [-0.39, 0.29) is 6.42 Å². The first-order chi connectivity index (χ1) is 9.16.